The Bertz CT molecular complexity index is 780. The highest BCUT2D eigenvalue weighted by Gasteiger charge is 2.12. The zero-order valence-corrected chi connectivity index (χ0v) is 16.8. The molecule has 0 saturated heterocycles. The van der Waals surface area contributed by atoms with Crippen LogP contribution in [0.4, 0.5) is 5.69 Å². The SMILES string of the molecule is CC(C)CCOc1ccc(NC(=S)NC(=O)c2ccc(Cl)cc2Cl)cc1. The van der Waals surface area contributed by atoms with E-state index in [2.05, 4.69) is 24.5 Å². The van der Waals surface area contributed by atoms with Crippen molar-refractivity contribution in [2.45, 2.75) is 20.3 Å². The summed E-state index contributed by atoms with van der Waals surface area (Å²) in [6.07, 6.45) is 1.00. The van der Waals surface area contributed by atoms with Crippen molar-refractivity contribution in [2.24, 2.45) is 5.92 Å². The number of nitrogens with one attached hydrogen (secondary N) is 2. The van der Waals surface area contributed by atoms with E-state index in [0.29, 0.717) is 23.1 Å². The number of hydrogen-bond acceptors (Lipinski definition) is 3. The first-order valence-corrected chi connectivity index (χ1v) is 9.32. The first-order valence-electron chi connectivity index (χ1n) is 8.15. The van der Waals surface area contributed by atoms with E-state index in [1.165, 1.54) is 6.07 Å². The molecular formula is C19H20Cl2N2O2S. The van der Waals surface area contributed by atoms with Crippen LogP contribution >= 0.6 is 35.4 Å². The maximum atomic E-state index is 12.2. The van der Waals surface area contributed by atoms with Gasteiger partial charge in [-0.2, -0.15) is 0 Å². The highest BCUT2D eigenvalue weighted by Crippen LogP contribution is 2.21. The molecule has 0 aliphatic rings. The molecule has 0 radical (unpaired) electrons. The van der Waals surface area contributed by atoms with Crippen LogP contribution in [0.3, 0.4) is 0 Å². The molecule has 26 heavy (non-hydrogen) atoms. The highest BCUT2D eigenvalue weighted by atomic mass is 35.5. The lowest BCUT2D eigenvalue weighted by atomic mass is 10.1. The summed E-state index contributed by atoms with van der Waals surface area (Å²) >= 11 is 17.0. The van der Waals surface area contributed by atoms with Gasteiger partial charge in [-0.05, 0) is 67.0 Å². The molecular weight excluding hydrogens is 391 g/mol. The number of thiocarbonyl (C=S) groups is 1. The fourth-order valence-electron chi connectivity index (χ4n) is 2.05. The fourth-order valence-corrected chi connectivity index (χ4v) is 2.76. The van der Waals surface area contributed by atoms with Gasteiger partial charge in [0.15, 0.2) is 5.11 Å². The minimum atomic E-state index is -0.405. The second-order valence-electron chi connectivity index (χ2n) is 6.09. The van der Waals surface area contributed by atoms with Crippen LogP contribution in [-0.4, -0.2) is 17.6 Å². The molecule has 4 nitrogen and oxygen atoms in total. The average molecular weight is 411 g/mol. The molecule has 0 bridgehead atoms. The van der Waals surface area contributed by atoms with Gasteiger partial charge < -0.3 is 10.1 Å². The van der Waals surface area contributed by atoms with Gasteiger partial charge in [0.25, 0.3) is 5.91 Å². The predicted octanol–water partition coefficient (Wildman–Crippen LogP) is 5.55. The quantitative estimate of drug-likeness (QED) is 0.613. The summed E-state index contributed by atoms with van der Waals surface area (Å²) in [6, 6.07) is 12.0. The van der Waals surface area contributed by atoms with Gasteiger partial charge in [0, 0.05) is 10.7 Å². The van der Waals surface area contributed by atoms with Gasteiger partial charge in [-0.1, -0.05) is 37.0 Å². The molecule has 2 rings (SSSR count). The largest absolute Gasteiger partial charge is 0.494 e. The summed E-state index contributed by atoms with van der Waals surface area (Å²) in [5.74, 6) is 0.989. The number of ether oxygens (including phenoxy) is 1. The standard InChI is InChI=1S/C19H20Cl2N2O2S/c1-12(2)9-10-25-15-6-4-14(5-7-15)22-19(26)23-18(24)16-8-3-13(20)11-17(16)21/h3-8,11-12H,9-10H2,1-2H3,(H2,22,23,24,26). The van der Waals surface area contributed by atoms with Crippen LogP contribution in [0.25, 0.3) is 0 Å². The Morgan fingerprint density at radius 1 is 1.15 bits per heavy atom. The molecule has 2 aromatic carbocycles. The molecule has 1 amide bonds. The highest BCUT2D eigenvalue weighted by molar-refractivity contribution is 7.80. The minimum absolute atomic E-state index is 0.175. The lowest BCUT2D eigenvalue weighted by Crippen LogP contribution is -2.34. The van der Waals surface area contributed by atoms with E-state index in [1.807, 2.05) is 24.3 Å². The Morgan fingerprint density at radius 3 is 2.46 bits per heavy atom. The Labute approximate surface area is 168 Å². The van der Waals surface area contributed by atoms with Gasteiger partial charge >= 0.3 is 0 Å². The fraction of sp³-hybridized carbons (Fsp3) is 0.263. The lowest BCUT2D eigenvalue weighted by molar-refractivity contribution is 0.0978. The maximum Gasteiger partial charge on any atom is 0.258 e. The Balaban J connectivity index is 1.88. The third-order valence-electron chi connectivity index (χ3n) is 3.48. The number of carbonyl (C=O) groups is 1. The number of anilines is 1. The van der Waals surface area contributed by atoms with Crippen molar-refractivity contribution in [3.8, 4) is 5.75 Å². The van der Waals surface area contributed by atoms with Crippen LogP contribution in [0.2, 0.25) is 10.0 Å². The summed E-state index contributed by atoms with van der Waals surface area (Å²) in [5.41, 5.74) is 1.04. The Morgan fingerprint density at radius 2 is 1.85 bits per heavy atom. The minimum Gasteiger partial charge on any atom is -0.494 e. The summed E-state index contributed by atoms with van der Waals surface area (Å²) in [7, 11) is 0. The van der Waals surface area contributed by atoms with Crippen LogP contribution in [0, 0.1) is 5.92 Å². The number of carbonyl (C=O) groups excluding carboxylic acids is 1. The Hall–Kier alpha value is -1.82. The van der Waals surface area contributed by atoms with Crippen molar-refractivity contribution in [2.75, 3.05) is 11.9 Å². The van der Waals surface area contributed by atoms with E-state index < -0.39 is 5.91 Å². The first kappa shape index (κ1) is 20.5. The maximum absolute atomic E-state index is 12.2. The number of hydrogen-bond donors (Lipinski definition) is 2. The summed E-state index contributed by atoms with van der Waals surface area (Å²) in [6.45, 7) is 4.99. The molecule has 0 spiro atoms. The molecule has 0 aromatic heterocycles. The third kappa shape index (κ3) is 6.48. The summed E-state index contributed by atoms with van der Waals surface area (Å²) in [4.78, 5) is 12.2. The van der Waals surface area contributed by atoms with Crippen LogP contribution in [0.5, 0.6) is 5.75 Å². The zero-order valence-electron chi connectivity index (χ0n) is 14.5. The second-order valence-corrected chi connectivity index (χ2v) is 7.34. The van der Waals surface area contributed by atoms with Crippen LogP contribution in [0.1, 0.15) is 30.6 Å². The molecule has 2 N–H and O–H groups in total. The van der Waals surface area contributed by atoms with E-state index in [0.717, 1.165) is 17.9 Å². The van der Waals surface area contributed by atoms with Gasteiger partial charge in [0.05, 0.1) is 17.2 Å². The van der Waals surface area contributed by atoms with Crippen molar-refractivity contribution >= 4 is 52.1 Å². The van der Waals surface area contributed by atoms with Gasteiger partial charge in [0.2, 0.25) is 0 Å². The first-order chi connectivity index (χ1) is 12.3. The Kier molecular flexibility index (Phi) is 7.69. The number of halogens is 2. The molecule has 0 fully saturated rings. The van der Waals surface area contributed by atoms with E-state index in [1.54, 1.807) is 12.1 Å². The summed E-state index contributed by atoms with van der Waals surface area (Å²) < 4.78 is 5.67. The number of rotatable bonds is 6. The molecule has 0 aliphatic heterocycles. The van der Waals surface area contributed by atoms with Crippen molar-refractivity contribution in [1.82, 2.24) is 5.32 Å². The van der Waals surface area contributed by atoms with Gasteiger partial charge in [0.1, 0.15) is 5.75 Å². The second kappa shape index (κ2) is 9.76. The van der Waals surface area contributed by atoms with Gasteiger partial charge in [-0.3, -0.25) is 10.1 Å². The molecule has 0 unspecified atom stereocenters. The topological polar surface area (TPSA) is 50.4 Å². The van der Waals surface area contributed by atoms with Crippen molar-refractivity contribution in [1.29, 1.82) is 0 Å². The van der Waals surface area contributed by atoms with E-state index in [9.17, 15) is 4.79 Å². The van der Waals surface area contributed by atoms with Crippen LogP contribution < -0.4 is 15.4 Å². The molecule has 0 heterocycles. The molecule has 0 aliphatic carbocycles. The molecule has 0 atom stereocenters. The normalized spacial score (nSPS) is 10.5. The lowest BCUT2D eigenvalue weighted by Gasteiger charge is -2.12. The number of benzene rings is 2. The molecule has 7 heteroatoms. The third-order valence-corrected chi connectivity index (χ3v) is 4.23. The van der Waals surface area contributed by atoms with Gasteiger partial charge in [-0.25, -0.2) is 0 Å². The van der Waals surface area contributed by atoms with E-state index in [4.69, 9.17) is 40.2 Å². The average Bonchev–Trinajstić information content (AvgIpc) is 2.55. The van der Waals surface area contributed by atoms with Crippen LogP contribution in [0.15, 0.2) is 42.5 Å². The zero-order chi connectivity index (χ0) is 19.1. The molecule has 138 valence electrons. The summed E-state index contributed by atoms with van der Waals surface area (Å²) in [5, 5.41) is 6.44. The van der Waals surface area contributed by atoms with Crippen LogP contribution in [-0.2, 0) is 0 Å². The van der Waals surface area contributed by atoms with Gasteiger partial charge in [-0.15, -0.1) is 0 Å². The number of amides is 1. The van der Waals surface area contributed by atoms with Crippen molar-refractivity contribution in [3.63, 3.8) is 0 Å². The molecule has 2 aromatic rings. The van der Waals surface area contributed by atoms with E-state index in [-0.39, 0.29) is 10.1 Å². The van der Waals surface area contributed by atoms with E-state index >= 15 is 0 Å². The van der Waals surface area contributed by atoms with Crippen molar-refractivity contribution in [3.05, 3.63) is 58.1 Å². The van der Waals surface area contributed by atoms with Crippen molar-refractivity contribution < 1.29 is 9.53 Å². The smallest absolute Gasteiger partial charge is 0.258 e. The predicted molar refractivity (Wildman–Crippen MR) is 112 cm³/mol. The molecule has 0 saturated carbocycles. The monoisotopic (exact) mass is 410 g/mol.